The summed E-state index contributed by atoms with van der Waals surface area (Å²) in [5.41, 5.74) is 4.78. The number of hydrogen-bond donors (Lipinski definition) is 0. The molecule has 3 aromatic carbocycles. The molecule has 0 atom stereocenters. The number of oxazole rings is 1. The second-order valence-corrected chi connectivity index (χ2v) is 5.51. The van der Waals surface area contributed by atoms with Gasteiger partial charge in [0.25, 0.3) is 0 Å². The van der Waals surface area contributed by atoms with Crippen LogP contribution in [0, 0.1) is 0 Å². The van der Waals surface area contributed by atoms with E-state index in [1.807, 2.05) is 60.7 Å². The van der Waals surface area contributed by atoms with E-state index in [2.05, 4.69) is 17.1 Å². The first-order valence-electron chi connectivity index (χ1n) is 7.01. The molecule has 0 aliphatic rings. The van der Waals surface area contributed by atoms with Crippen LogP contribution in [-0.2, 0) is 0 Å². The molecule has 0 amide bonds. The van der Waals surface area contributed by atoms with Gasteiger partial charge in [-0.2, -0.15) is 0 Å². The highest BCUT2D eigenvalue weighted by molar-refractivity contribution is 6.30. The van der Waals surface area contributed by atoms with Crippen molar-refractivity contribution in [2.45, 2.75) is 0 Å². The zero-order chi connectivity index (χ0) is 14.9. The van der Waals surface area contributed by atoms with Crippen molar-refractivity contribution >= 4 is 22.7 Å². The van der Waals surface area contributed by atoms with Gasteiger partial charge in [-0.15, -0.1) is 0 Å². The molecule has 1 aromatic heterocycles. The molecule has 22 heavy (non-hydrogen) atoms. The molecule has 106 valence electrons. The zero-order valence-electron chi connectivity index (χ0n) is 11.7. The minimum Gasteiger partial charge on any atom is -0.436 e. The lowest BCUT2D eigenvalue weighted by atomic mass is 10.0. The maximum absolute atomic E-state index is 6.07. The molecule has 4 rings (SSSR count). The summed E-state index contributed by atoms with van der Waals surface area (Å²) in [5, 5.41) is 0.727. The van der Waals surface area contributed by atoms with Crippen molar-refractivity contribution in [2.24, 2.45) is 0 Å². The fourth-order valence-corrected chi connectivity index (χ4v) is 2.69. The molecule has 2 nitrogen and oxygen atoms in total. The molecule has 0 radical (unpaired) electrons. The lowest BCUT2D eigenvalue weighted by Gasteiger charge is -2.04. The normalized spacial score (nSPS) is 11.0. The van der Waals surface area contributed by atoms with Crippen LogP contribution in [0.15, 0.2) is 77.2 Å². The summed E-state index contributed by atoms with van der Waals surface area (Å²) < 4.78 is 5.83. The molecule has 4 aromatic rings. The Morgan fingerprint density at radius 3 is 2.27 bits per heavy atom. The van der Waals surface area contributed by atoms with Gasteiger partial charge in [0, 0.05) is 10.6 Å². The Hall–Kier alpha value is -2.58. The van der Waals surface area contributed by atoms with E-state index in [-0.39, 0.29) is 0 Å². The molecule has 1 heterocycles. The summed E-state index contributed by atoms with van der Waals surface area (Å²) in [6.07, 6.45) is 0. The Kier molecular flexibility index (Phi) is 3.17. The third kappa shape index (κ3) is 2.38. The summed E-state index contributed by atoms with van der Waals surface area (Å²) in [4.78, 5) is 4.54. The Balaban J connectivity index is 1.81. The molecular formula is C19H12ClNO. The van der Waals surface area contributed by atoms with E-state index in [1.165, 1.54) is 0 Å². The van der Waals surface area contributed by atoms with Crippen molar-refractivity contribution in [1.29, 1.82) is 0 Å². The van der Waals surface area contributed by atoms with Crippen LogP contribution in [0.5, 0.6) is 0 Å². The number of benzene rings is 3. The van der Waals surface area contributed by atoms with Gasteiger partial charge in [-0.3, -0.25) is 0 Å². The van der Waals surface area contributed by atoms with E-state index in [9.17, 15) is 0 Å². The summed E-state index contributed by atoms with van der Waals surface area (Å²) in [6.45, 7) is 0. The van der Waals surface area contributed by atoms with Crippen molar-refractivity contribution in [1.82, 2.24) is 4.98 Å². The highest BCUT2D eigenvalue weighted by Crippen LogP contribution is 2.29. The monoisotopic (exact) mass is 305 g/mol. The van der Waals surface area contributed by atoms with Gasteiger partial charge in [0.2, 0.25) is 5.89 Å². The van der Waals surface area contributed by atoms with Crippen LogP contribution in [0.1, 0.15) is 0 Å². The number of hydrogen-bond acceptors (Lipinski definition) is 2. The molecule has 0 fully saturated rings. The van der Waals surface area contributed by atoms with Crippen LogP contribution in [-0.4, -0.2) is 4.98 Å². The molecule has 0 unspecified atom stereocenters. The standard InChI is InChI=1S/C19H12ClNO/c20-16-8-4-6-14(12-16)13-5-3-7-15(11-13)19-21-17-9-1-2-10-18(17)22-19/h1-12H. The molecule has 0 aliphatic carbocycles. The van der Waals surface area contributed by atoms with E-state index in [0.717, 1.165) is 32.8 Å². The third-order valence-corrected chi connectivity index (χ3v) is 3.80. The van der Waals surface area contributed by atoms with E-state index in [1.54, 1.807) is 0 Å². The molecule has 0 N–H and O–H groups in total. The molecular weight excluding hydrogens is 294 g/mol. The first-order valence-corrected chi connectivity index (χ1v) is 7.39. The van der Waals surface area contributed by atoms with Crippen molar-refractivity contribution in [2.75, 3.05) is 0 Å². The summed E-state index contributed by atoms with van der Waals surface area (Å²) in [5.74, 6) is 0.630. The fourth-order valence-electron chi connectivity index (χ4n) is 2.50. The average Bonchev–Trinajstić information content (AvgIpc) is 2.99. The molecule has 0 saturated heterocycles. The van der Waals surface area contributed by atoms with E-state index in [4.69, 9.17) is 16.0 Å². The lowest BCUT2D eigenvalue weighted by molar-refractivity contribution is 0.620. The molecule has 3 heteroatoms. The Bertz CT molecular complexity index is 925. The summed E-state index contributed by atoms with van der Waals surface area (Å²) in [6, 6.07) is 23.7. The number of para-hydroxylation sites is 2. The first-order chi connectivity index (χ1) is 10.8. The van der Waals surface area contributed by atoms with Gasteiger partial charge in [-0.05, 0) is 47.5 Å². The van der Waals surface area contributed by atoms with Crippen molar-refractivity contribution < 1.29 is 4.42 Å². The first kappa shape index (κ1) is 13.1. The van der Waals surface area contributed by atoms with Crippen LogP contribution in [0.25, 0.3) is 33.7 Å². The van der Waals surface area contributed by atoms with Crippen LogP contribution in [0.4, 0.5) is 0 Å². The van der Waals surface area contributed by atoms with Gasteiger partial charge in [-0.25, -0.2) is 4.98 Å². The predicted octanol–water partition coefficient (Wildman–Crippen LogP) is 5.82. The number of nitrogens with zero attached hydrogens (tertiary/aromatic N) is 1. The predicted molar refractivity (Wildman–Crippen MR) is 89.9 cm³/mol. The minimum absolute atomic E-state index is 0.630. The van der Waals surface area contributed by atoms with Crippen molar-refractivity contribution in [3.05, 3.63) is 77.8 Å². The molecule has 0 bridgehead atoms. The van der Waals surface area contributed by atoms with Gasteiger partial charge in [0.05, 0.1) is 0 Å². The number of rotatable bonds is 2. The highest BCUT2D eigenvalue weighted by atomic mass is 35.5. The molecule has 0 spiro atoms. The quantitative estimate of drug-likeness (QED) is 0.466. The van der Waals surface area contributed by atoms with E-state index in [0.29, 0.717) is 5.89 Å². The Morgan fingerprint density at radius 1 is 0.727 bits per heavy atom. The lowest BCUT2D eigenvalue weighted by Crippen LogP contribution is -1.81. The van der Waals surface area contributed by atoms with Gasteiger partial charge < -0.3 is 4.42 Å². The Labute approximate surface area is 133 Å². The minimum atomic E-state index is 0.630. The van der Waals surface area contributed by atoms with Crippen LogP contribution in [0.2, 0.25) is 5.02 Å². The fraction of sp³-hybridized carbons (Fsp3) is 0. The smallest absolute Gasteiger partial charge is 0.227 e. The summed E-state index contributed by atoms with van der Waals surface area (Å²) in [7, 11) is 0. The molecule has 0 saturated carbocycles. The number of fused-ring (bicyclic) bond motifs is 1. The highest BCUT2D eigenvalue weighted by Gasteiger charge is 2.09. The SMILES string of the molecule is Clc1cccc(-c2cccc(-c3nc4ccccc4o3)c2)c1. The zero-order valence-corrected chi connectivity index (χ0v) is 12.4. The average molecular weight is 306 g/mol. The molecule has 0 aliphatic heterocycles. The number of halogens is 1. The maximum atomic E-state index is 6.07. The van der Waals surface area contributed by atoms with Crippen LogP contribution in [0.3, 0.4) is 0 Å². The second kappa shape index (κ2) is 5.32. The maximum Gasteiger partial charge on any atom is 0.227 e. The largest absolute Gasteiger partial charge is 0.436 e. The third-order valence-electron chi connectivity index (χ3n) is 3.56. The second-order valence-electron chi connectivity index (χ2n) is 5.08. The topological polar surface area (TPSA) is 26.0 Å². The van der Waals surface area contributed by atoms with Crippen LogP contribution < -0.4 is 0 Å². The van der Waals surface area contributed by atoms with Crippen molar-refractivity contribution in [3.63, 3.8) is 0 Å². The Morgan fingerprint density at radius 2 is 1.45 bits per heavy atom. The summed E-state index contributed by atoms with van der Waals surface area (Å²) >= 11 is 6.07. The van der Waals surface area contributed by atoms with Gasteiger partial charge in [0.15, 0.2) is 5.58 Å². The van der Waals surface area contributed by atoms with E-state index >= 15 is 0 Å². The van der Waals surface area contributed by atoms with Gasteiger partial charge in [-0.1, -0.05) is 48.0 Å². The van der Waals surface area contributed by atoms with E-state index < -0.39 is 0 Å². The number of aromatic nitrogens is 1. The van der Waals surface area contributed by atoms with Crippen LogP contribution >= 0.6 is 11.6 Å². The van der Waals surface area contributed by atoms with Crippen molar-refractivity contribution in [3.8, 4) is 22.6 Å². The van der Waals surface area contributed by atoms with Gasteiger partial charge >= 0.3 is 0 Å². The van der Waals surface area contributed by atoms with Gasteiger partial charge in [0.1, 0.15) is 5.52 Å².